The van der Waals surface area contributed by atoms with E-state index < -0.39 is 6.04 Å². The number of amides is 2. The fraction of sp³-hybridized carbons (Fsp3) is 0.333. The lowest BCUT2D eigenvalue weighted by atomic mass is 10.0. The second-order valence-corrected chi connectivity index (χ2v) is 7.18. The molecule has 2 aromatic heterocycles. The molecule has 8 heteroatoms. The summed E-state index contributed by atoms with van der Waals surface area (Å²) in [5.41, 5.74) is 2.04. The first-order valence-corrected chi connectivity index (χ1v) is 9.74. The first-order valence-electron chi connectivity index (χ1n) is 9.74. The number of H-pyrrole nitrogens is 1. The molecule has 0 saturated carbocycles. The fourth-order valence-corrected chi connectivity index (χ4v) is 3.77. The van der Waals surface area contributed by atoms with E-state index in [1.54, 1.807) is 18.5 Å². The van der Waals surface area contributed by atoms with E-state index in [2.05, 4.69) is 25.2 Å². The van der Waals surface area contributed by atoms with Crippen molar-refractivity contribution in [1.82, 2.24) is 25.2 Å². The number of nitrogens with one attached hydrogen (secondary N) is 2. The monoisotopic (exact) mass is 392 g/mol. The van der Waals surface area contributed by atoms with Gasteiger partial charge in [0, 0.05) is 69.0 Å². The Kier molecular flexibility index (Phi) is 5.41. The smallest absolute Gasteiger partial charge is 0.245 e. The molecule has 0 radical (unpaired) electrons. The van der Waals surface area contributed by atoms with Gasteiger partial charge in [0.05, 0.1) is 0 Å². The fourth-order valence-electron chi connectivity index (χ4n) is 3.77. The summed E-state index contributed by atoms with van der Waals surface area (Å²) in [6.45, 7) is 3.91. The molecule has 3 aromatic rings. The van der Waals surface area contributed by atoms with Crippen LogP contribution in [0.5, 0.6) is 0 Å². The van der Waals surface area contributed by atoms with Crippen molar-refractivity contribution in [2.45, 2.75) is 19.4 Å². The number of hydrogen-bond acceptors (Lipinski definition) is 5. The third-order valence-corrected chi connectivity index (χ3v) is 5.20. The standard InChI is InChI=1S/C21H24N6O2/c1-15(28)25-19(13-16-14-24-18-6-3-2-5-17(16)18)20(29)26-9-11-27(12-10-26)21-22-7-4-8-23-21/h2-8,14,19,24H,9-13H2,1H3,(H,25,28). The van der Waals surface area contributed by atoms with Crippen LogP contribution < -0.4 is 10.2 Å². The number of carbonyl (C=O) groups is 2. The van der Waals surface area contributed by atoms with Gasteiger partial charge in [-0.3, -0.25) is 9.59 Å². The van der Waals surface area contributed by atoms with Gasteiger partial charge in [0.15, 0.2) is 0 Å². The zero-order valence-corrected chi connectivity index (χ0v) is 16.3. The summed E-state index contributed by atoms with van der Waals surface area (Å²) in [5.74, 6) is 0.412. The Morgan fingerprint density at radius 2 is 1.83 bits per heavy atom. The molecule has 8 nitrogen and oxygen atoms in total. The highest BCUT2D eigenvalue weighted by molar-refractivity contribution is 5.89. The Balaban J connectivity index is 1.46. The average molecular weight is 392 g/mol. The lowest BCUT2D eigenvalue weighted by molar-refractivity contribution is -0.136. The van der Waals surface area contributed by atoms with E-state index in [0.717, 1.165) is 16.5 Å². The molecule has 29 heavy (non-hydrogen) atoms. The number of nitrogens with zero attached hydrogens (tertiary/aromatic N) is 4. The minimum atomic E-state index is -0.591. The largest absolute Gasteiger partial charge is 0.361 e. The number of para-hydroxylation sites is 1. The van der Waals surface area contributed by atoms with Gasteiger partial charge in [-0.1, -0.05) is 18.2 Å². The van der Waals surface area contributed by atoms with Crippen LogP contribution in [0.25, 0.3) is 10.9 Å². The van der Waals surface area contributed by atoms with E-state index in [0.29, 0.717) is 38.5 Å². The number of anilines is 1. The molecule has 2 amide bonds. The van der Waals surface area contributed by atoms with E-state index in [4.69, 9.17) is 0 Å². The van der Waals surface area contributed by atoms with Gasteiger partial charge >= 0.3 is 0 Å². The normalized spacial score (nSPS) is 15.3. The predicted molar refractivity (Wildman–Crippen MR) is 110 cm³/mol. The minimum absolute atomic E-state index is 0.0564. The zero-order chi connectivity index (χ0) is 20.2. The van der Waals surface area contributed by atoms with Crippen molar-refractivity contribution in [1.29, 1.82) is 0 Å². The average Bonchev–Trinajstić information content (AvgIpc) is 3.16. The van der Waals surface area contributed by atoms with Crippen molar-refractivity contribution in [3.05, 3.63) is 54.5 Å². The number of aromatic nitrogens is 3. The molecule has 3 heterocycles. The molecule has 1 atom stereocenters. The summed E-state index contributed by atoms with van der Waals surface area (Å²) >= 11 is 0. The van der Waals surface area contributed by atoms with Crippen molar-refractivity contribution in [2.24, 2.45) is 0 Å². The van der Waals surface area contributed by atoms with Gasteiger partial charge in [0.25, 0.3) is 0 Å². The van der Waals surface area contributed by atoms with Crippen LogP contribution in [0.15, 0.2) is 48.9 Å². The summed E-state index contributed by atoms with van der Waals surface area (Å²) in [7, 11) is 0. The van der Waals surface area contributed by atoms with E-state index in [1.165, 1.54) is 6.92 Å². The molecule has 0 spiro atoms. The molecule has 150 valence electrons. The number of fused-ring (bicyclic) bond motifs is 1. The second-order valence-electron chi connectivity index (χ2n) is 7.18. The quantitative estimate of drug-likeness (QED) is 0.684. The summed E-state index contributed by atoms with van der Waals surface area (Å²) in [5, 5.41) is 3.91. The molecule has 0 bridgehead atoms. The topological polar surface area (TPSA) is 94.2 Å². The molecule has 2 N–H and O–H groups in total. The van der Waals surface area contributed by atoms with E-state index in [1.807, 2.05) is 35.4 Å². The number of rotatable bonds is 5. The molecular formula is C21H24N6O2. The maximum atomic E-state index is 13.2. The van der Waals surface area contributed by atoms with Crippen LogP contribution in [0, 0.1) is 0 Å². The van der Waals surface area contributed by atoms with E-state index in [9.17, 15) is 9.59 Å². The van der Waals surface area contributed by atoms with Crippen LogP contribution in [0.4, 0.5) is 5.95 Å². The number of aromatic amines is 1. The Labute approximate surface area is 168 Å². The van der Waals surface area contributed by atoms with Crippen LogP contribution in [-0.4, -0.2) is 63.9 Å². The Hall–Kier alpha value is -3.42. The van der Waals surface area contributed by atoms with Gasteiger partial charge in [-0.05, 0) is 17.7 Å². The van der Waals surface area contributed by atoms with Gasteiger partial charge < -0.3 is 20.1 Å². The lowest BCUT2D eigenvalue weighted by Gasteiger charge is -2.36. The van der Waals surface area contributed by atoms with Crippen molar-refractivity contribution in [3.63, 3.8) is 0 Å². The number of piperazine rings is 1. The maximum Gasteiger partial charge on any atom is 0.245 e. The van der Waals surface area contributed by atoms with Gasteiger partial charge in [0.1, 0.15) is 6.04 Å². The van der Waals surface area contributed by atoms with Gasteiger partial charge in [-0.15, -0.1) is 0 Å². The van der Waals surface area contributed by atoms with Crippen molar-refractivity contribution in [2.75, 3.05) is 31.1 Å². The number of benzene rings is 1. The van der Waals surface area contributed by atoms with Crippen molar-refractivity contribution in [3.8, 4) is 0 Å². The van der Waals surface area contributed by atoms with Gasteiger partial charge in [-0.2, -0.15) is 0 Å². The summed E-state index contributed by atoms with van der Waals surface area (Å²) in [6, 6.07) is 9.15. The van der Waals surface area contributed by atoms with Gasteiger partial charge in [-0.25, -0.2) is 9.97 Å². The number of carbonyl (C=O) groups excluding carboxylic acids is 2. The zero-order valence-electron chi connectivity index (χ0n) is 16.3. The molecule has 1 aliphatic heterocycles. The molecule has 1 aromatic carbocycles. The molecule has 1 fully saturated rings. The summed E-state index contributed by atoms with van der Waals surface area (Å²) in [6.07, 6.45) is 5.80. The molecule has 1 unspecified atom stereocenters. The van der Waals surface area contributed by atoms with Gasteiger partial charge in [0.2, 0.25) is 17.8 Å². The van der Waals surface area contributed by atoms with Crippen molar-refractivity contribution >= 4 is 28.7 Å². The van der Waals surface area contributed by atoms with Crippen LogP contribution in [0.3, 0.4) is 0 Å². The predicted octanol–water partition coefficient (Wildman–Crippen LogP) is 1.35. The molecule has 4 rings (SSSR count). The third-order valence-electron chi connectivity index (χ3n) is 5.20. The molecule has 1 saturated heterocycles. The van der Waals surface area contributed by atoms with E-state index in [-0.39, 0.29) is 11.8 Å². The second kappa shape index (κ2) is 8.30. The SMILES string of the molecule is CC(=O)NC(Cc1c[nH]c2ccccc12)C(=O)N1CCN(c2ncccn2)CC1. The van der Waals surface area contributed by atoms with Crippen LogP contribution in [0.1, 0.15) is 12.5 Å². The first-order chi connectivity index (χ1) is 14.1. The Bertz CT molecular complexity index is 995. The lowest BCUT2D eigenvalue weighted by Crippen LogP contribution is -2.55. The van der Waals surface area contributed by atoms with Crippen LogP contribution >= 0.6 is 0 Å². The van der Waals surface area contributed by atoms with Crippen LogP contribution in [0.2, 0.25) is 0 Å². The summed E-state index contributed by atoms with van der Waals surface area (Å²) in [4.78, 5) is 40.6. The first kappa shape index (κ1) is 18.9. The third kappa shape index (κ3) is 4.21. The minimum Gasteiger partial charge on any atom is -0.361 e. The highest BCUT2D eigenvalue weighted by Gasteiger charge is 2.29. The molecule has 1 aliphatic rings. The highest BCUT2D eigenvalue weighted by atomic mass is 16.2. The van der Waals surface area contributed by atoms with E-state index >= 15 is 0 Å². The maximum absolute atomic E-state index is 13.2. The van der Waals surface area contributed by atoms with Crippen LogP contribution in [-0.2, 0) is 16.0 Å². The molecular weight excluding hydrogens is 368 g/mol. The number of hydrogen-bond donors (Lipinski definition) is 2. The molecule has 0 aliphatic carbocycles. The highest BCUT2D eigenvalue weighted by Crippen LogP contribution is 2.20. The Morgan fingerprint density at radius 1 is 1.10 bits per heavy atom. The Morgan fingerprint density at radius 3 is 2.55 bits per heavy atom. The summed E-state index contributed by atoms with van der Waals surface area (Å²) < 4.78 is 0. The van der Waals surface area contributed by atoms with Crippen molar-refractivity contribution < 1.29 is 9.59 Å².